The predicted molar refractivity (Wildman–Crippen MR) is 88.5 cm³/mol. The number of amides is 1. The average Bonchev–Trinajstić information content (AvgIpc) is 2.46. The van der Waals surface area contributed by atoms with Gasteiger partial charge in [-0.05, 0) is 39.0 Å². The quantitative estimate of drug-likeness (QED) is 0.645. The fourth-order valence-electron chi connectivity index (χ4n) is 1.74. The van der Waals surface area contributed by atoms with Gasteiger partial charge in [-0.15, -0.1) is 0 Å². The Bertz CT molecular complexity index is 542. The first kappa shape index (κ1) is 19.2. The molecular weight excluding hydrogens is 373 g/mol. The molecule has 0 saturated heterocycles. The van der Waals surface area contributed by atoms with Gasteiger partial charge in [-0.2, -0.15) is 0 Å². The van der Waals surface area contributed by atoms with Crippen LogP contribution in [0.1, 0.15) is 31.1 Å². The molecule has 0 aliphatic heterocycles. The van der Waals surface area contributed by atoms with Gasteiger partial charge in [-0.25, -0.2) is 0 Å². The fourth-order valence-corrected chi connectivity index (χ4v) is 3.47. The highest BCUT2D eigenvalue weighted by molar-refractivity contribution is 9.10. The highest BCUT2D eigenvalue weighted by atomic mass is 79.9. The molecule has 0 fully saturated rings. The van der Waals surface area contributed by atoms with Crippen LogP contribution in [0.3, 0.4) is 0 Å². The van der Waals surface area contributed by atoms with Gasteiger partial charge in [0.05, 0.1) is 25.4 Å². The van der Waals surface area contributed by atoms with Gasteiger partial charge in [-0.3, -0.25) is 9.36 Å². The van der Waals surface area contributed by atoms with Crippen molar-refractivity contribution >= 4 is 29.4 Å². The van der Waals surface area contributed by atoms with Crippen LogP contribution in [0.2, 0.25) is 0 Å². The van der Waals surface area contributed by atoms with Crippen molar-refractivity contribution in [3.8, 4) is 5.75 Å². The van der Waals surface area contributed by atoms with E-state index in [9.17, 15) is 9.36 Å². The van der Waals surface area contributed by atoms with Gasteiger partial charge in [0.15, 0.2) is 0 Å². The van der Waals surface area contributed by atoms with Crippen molar-refractivity contribution in [2.45, 2.75) is 20.8 Å². The van der Waals surface area contributed by atoms with Crippen LogP contribution in [0, 0.1) is 0 Å². The largest absolute Gasteiger partial charge is 0.493 e. The number of rotatable bonds is 9. The maximum absolute atomic E-state index is 12.3. The van der Waals surface area contributed by atoms with Gasteiger partial charge in [-0.1, -0.05) is 15.9 Å². The molecule has 0 aliphatic rings. The first-order chi connectivity index (χ1) is 10.5. The summed E-state index contributed by atoms with van der Waals surface area (Å²) >= 11 is 3.33. The molecule has 1 aromatic carbocycles. The second kappa shape index (κ2) is 9.30. The highest BCUT2D eigenvalue weighted by Gasteiger charge is 2.25. The number of hydrogen-bond acceptors (Lipinski definition) is 5. The van der Waals surface area contributed by atoms with Crippen molar-refractivity contribution < 1.29 is 23.1 Å². The van der Waals surface area contributed by atoms with E-state index in [1.54, 1.807) is 32.0 Å². The zero-order chi connectivity index (χ0) is 16.6. The molecule has 0 heterocycles. The average molecular weight is 394 g/mol. The number of halogens is 1. The third kappa shape index (κ3) is 5.72. The lowest BCUT2D eigenvalue weighted by atomic mass is 10.2. The number of carbonyl (C=O) groups is 1. The molecule has 1 rings (SSSR count). The zero-order valence-corrected chi connectivity index (χ0v) is 15.4. The van der Waals surface area contributed by atoms with E-state index < -0.39 is 13.5 Å². The minimum Gasteiger partial charge on any atom is -0.493 e. The summed E-state index contributed by atoms with van der Waals surface area (Å²) in [5.41, 5.74) is 0.365. The molecule has 1 amide bonds. The molecular formula is C14H21BrNO5P. The molecule has 1 aromatic rings. The zero-order valence-electron chi connectivity index (χ0n) is 12.9. The van der Waals surface area contributed by atoms with E-state index in [1.165, 1.54) is 0 Å². The number of carbonyl (C=O) groups excluding carboxylic acids is 1. The van der Waals surface area contributed by atoms with E-state index >= 15 is 0 Å². The van der Waals surface area contributed by atoms with Crippen molar-refractivity contribution in [3.05, 3.63) is 28.2 Å². The molecule has 0 aromatic heterocycles. The summed E-state index contributed by atoms with van der Waals surface area (Å²) in [4.78, 5) is 12.3. The Kier molecular flexibility index (Phi) is 8.10. The summed E-state index contributed by atoms with van der Waals surface area (Å²) in [6, 6.07) is 5.09. The molecule has 0 aliphatic carbocycles. The van der Waals surface area contributed by atoms with Crippen LogP contribution in [0.4, 0.5) is 0 Å². The first-order valence-corrected chi connectivity index (χ1v) is 9.56. The highest BCUT2D eigenvalue weighted by Crippen LogP contribution is 2.46. The minimum absolute atomic E-state index is 0.185. The van der Waals surface area contributed by atoms with Crippen LogP contribution in [0.15, 0.2) is 22.7 Å². The van der Waals surface area contributed by atoms with E-state index in [2.05, 4.69) is 21.2 Å². The number of benzene rings is 1. The van der Waals surface area contributed by atoms with Crippen molar-refractivity contribution in [2.75, 3.05) is 26.1 Å². The summed E-state index contributed by atoms with van der Waals surface area (Å²) in [6.07, 6.45) is -0.185. The summed E-state index contributed by atoms with van der Waals surface area (Å²) in [6.45, 7) is 6.20. The number of hydrogen-bond donors (Lipinski definition) is 1. The second-order valence-corrected chi connectivity index (χ2v) is 7.15. The van der Waals surface area contributed by atoms with Crippen molar-refractivity contribution in [2.24, 2.45) is 0 Å². The van der Waals surface area contributed by atoms with Gasteiger partial charge in [0.25, 0.3) is 5.91 Å². The van der Waals surface area contributed by atoms with Gasteiger partial charge in [0, 0.05) is 4.47 Å². The molecule has 1 N–H and O–H groups in total. The minimum atomic E-state index is -3.32. The predicted octanol–water partition coefficient (Wildman–Crippen LogP) is 3.80. The lowest BCUT2D eigenvalue weighted by molar-refractivity contribution is 0.0950. The van der Waals surface area contributed by atoms with Crippen molar-refractivity contribution in [1.29, 1.82) is 0 Å². The number of nitrogens with one attached hydrogen (secondary N) is 1. The first-order valence-electron chi connectivity index (χ1n) is 7.04. The Balaban J connectivity index is 2.82. The van der Waals surface area contributed by atoms with E-state index in [0.717, 1.165) is 4.47 Å². The Morgan fingerprint density at radius 3 is 2.36 bits per heavy atom. The van der Waals surface area contributed by atoms with Crippen LogP contribution in [-0.2, 0) is 13.6 Å². The SMILES string of the molecule is CCOc1cc(Br)ccc1C(=O)NCP(=O)(OCC)OCC. The van der Waals surface area contributed by atoms with Crippen LogP contribution >= 0.6 is 23.5 Å². The molecule has 124 valence electrons. The lowest BCUT2D eigenvalue weighted by Gasteiger charge is -2.18. The van der Waals surface area contributed by atoms with E-state index in [1.807, 2.05) is 6.92 Å². The molecule has 0 spiro atoms. The van der Waals surface area contributed by atoms with Crippen LogP contribution in [0.5, 0.6) is 5.75 Å². The summed E-state index contributed by atoms with van der Waals surface area (Å²) in [5.74, 6) is 0.0626. The summed E-state index contributed by atoms with van der Waals surface area (Å²) in [5, 5.41) is 2.58. The lowest BCUT2D eigenvalue weighted by Crippen LogP contribution is -2.26. The molecule has 22 heavy (non-hydrogen) atoms. The topological polar surface area (TPSA) is 73.9 Å². The molecule has 0 unspecified atom stereocenters. The van der Waals surface area contributed by atoms with E-state index in [-0.39, 0.29) is 19.5 Å². The summed E-state index contributed by atoms with van der Waals surface area (Å²) in [7, 11) is -3.32. The molecule has 0 atom stereocenters. The maximum atomic E-state index is 12.3. The Labute approximate surface area is 139 Å². The van der Waals surface area contributed by atoms with Gasteiger partial charge < -0.3 is 19.1 Å². The van der Waals surface area contributed by atoms with E-state index in [0.29, 0.717) is 17.9 Å². The number of ether oxygens (including phenoxy) is 1. The smallest absolute Gasteiger partial charge is 0.349 e. The molecule has 0 bridgehead atoms. The Hall–Kier alpha value is -0.880. The third-order valence-electron chi connectivity index (χ3n) is 2.57. The monoisotopic (exact) mass is 393 g/mol. The van der Waals surface area contributed by atoms with Crippen LogP contribution < -0.4 is 10.1 Å². The van der Waals surface area contributed by atoms with Gasteiger partial charge >= 0.3 is 7.60 Å². The molecule has 8 heteroatoms. The molecule has 6 nitrogen and oxygen atoms in total. The van der Waals surface area contributed by atoms with Gasteiger partial charge in [0.1, 0.15) is 12.0 Å². The Morgan fingerprint density at radius 2 is 1.82 bits per heavy atom. The van der Waals surface area contributed by atoms with Crippen LogP contribution in [0.25, 0.3) is 0 Å². The molecule has 0 saturated carbocycles. The third-order valence-corrected chi connectivity index (χ3v) is 4.91. The van der Waals surface area contributed by atoms with E-state index in [4.69, 9.17) is 13.8 Å². The van der Waals surface area contributed by atoms with Crippen LogP contribution in [-0.4, -0.2) is 32.0 Å². The van der Waals surface area contributed by atoms with Crippen molar-refractivity contribution in [3.63, 3.8) is 0 Å². The summed E-state index contributed by atoms with van der Waals surface area (Å²) < 4.78 is 28.8. The standard InChI is InChI=1S/C14H21BrNO5P/c1-4-19-13-9-11(15)7-8-12(13)14(17)16-10-22(18,20-5-2)21-6-3/h7-9H,4-6,10H2,1-3H3,(H,16,17). The van der Waals surface area contributed by atoms with Crippen molar-refractivity contribution in [1.82, 2.24) is 5.32 Å². The maximum Gasteiger partial charge on any atom is 0.349 e. The second-order valence-electron chi connectivity index (χ2n) is 4.18. The van der Waals surface area contributed by atoms with Gasteiger partial charge in [0.2, 0.25) is 0 Å². The fraction of sp³-hybridized carbons (Fsp3) is 0.500. The Morgan fingerprint density at radius 1 is 1.18 bits per heavy atom. The normalized spacial score (nSPS) is 11.3. The molecule has 0 radical (unpaired) electrons.